The largest absolute Gasteiger partial charge is 0.342 e. The van der Waals surface area contributed by atoms with Crippen LogP contribution in [0.15, 0.2) is 12.4 Å². The lowest BCUT2D eigenvalue weighted by atomic mass is 10.5. The maximum absolute atomic E-state index is 12.7. The predicted molar refractivity (Wildman–Crippen MR) is 38.9 cm³/mol. The van der Waals surface area contributed by atoms with Crippen LogP contribution in [0.2, 0.25) is 5.15 Å². The fourth-order valence-corrected chi connectivity index (χ4v) is 0.976. The monoisotopic (exact) mass is 171 g/mol. The summed E-state index contributed by atoms with van der Waals surface area (Å²) in [4.78, 5) is 10.1. The Balaban J connectivity index is 2.86. The molecule has 0 saturated carbocycles. The second-order valence-electron chi connectivity index (χ2n) is 2.03. The van der Waals surface area contributed by atoms with Gasteiger partial charge >= 0.3 is 0 Å². The van der Waals surface area contributed by atoms with E-state index >= 15 is 0 Å². The summed E-state index contributed by atoms with van der Waals surface area (Å²) < 4.78 is 12.7. The van der Waals surface area contributed by atoms with Crippen LogP contribution in [0.25, 0.3) is 11.2 Å². The molecule has 0 atom stereocenters. The Morgan fingerprint density at radius 3 is 3.18 bits per heavy atom. The molecule has 0 aliphatic carbocycles. The van der Waals surface area contributed by atoms with Crippen LogP contribution in [0.3, 0.4) is 0 Å². The molecule has 56 valence electrons. The van der Waals surface area contributed by atoms with Gasteiger partial charge in [0, 0.05) is 6.20 Å². The maximum atomic E-state index is 12.7. The lowest BCUT2D eigenvalue weighted by molar-refractivity contribution is 0.636. The first-order chi connectivity index (χ1) is 5.27. The van der Waals surface area contributed by atoms with Crippen molar-refractivity contribution in [2.75, 3.05) is 0 Å². The van der Waals surface area contributed by atoms with Gasteiger partial charge in [-0.2, -0.15) is 0 Å². The van der Waals surface area contributed by atoms with E-state index in [-0.39, 0.29) is 10.7 Å². The summed E-state index contributed by atoms with van der Waals surface area (Å²) in [6.45, 7) is 0. The Morgan fingerprint density at radius 1 is 1.55 bits per heavy atom. The van der Waals surface area contributed by atoms with Crippen LogP contribution >= 0.6 is 11.6 Å². The lowest BCUT2D eigenvalue weighted by Crippen LogP contribution is -1.81. The summed E-state index contributed by atoms with van der Waals surface area (Å²) >= 11 is 5.51. The van der Waals surface area contributed by atoms with Crippen molar-refractivity contribution in [3.8, 4) is 0 Å². The van der Waals surface area contributed by atoms with E-state index in [1.54, 1.807) is 0 Å². The minimum atomic E-state index is -0.413. The molecule has 2 aromatic heterocycles. The van der Waals surface area contributed by atoms with Crippen LogP contribution in [-0.4, -0.2) is 15.0 Å². The first kappa shape index (κ1) is 6.54. The summed E-state index contributed by atoms with van der Waals surface area (Å²) in [7, 11) is 0. The van der Waals surface area contributed by atoms with Gasteiger partial charge in [-0.3, -0.25) is 0 Å². The maximum Gasteiger partial charge on any atom is 0.168 e. The van der Waals surface area contributed by atoms with Crippen LogP contribution in [0, 0.1) is 5.82 Å². The molecule has 2 rings (SSSR count). The highest BCUT2D eigenvalue weighted by molar-refractivity contribution is 6.29. The summed E-state index contributed by atoms with van der Waals surface area (Å²) in [5.41, 5.74) is 0.587. The van der Waals surface area contributed by atoms with E-state index in [1.165, 1.54) is 12.4 Å². The number of halogens is 2. The quantitative estimate of drug-likeness (QED) is 0.656. The fourth-order valence-electron chi connectivity index (χ4n) is 0.843. The number of aromatic nitrogens is 3. The van der Waals surface area contributed by atoms with Crippen LogP contribution in [0.4, 0.5) is 4.39 Å². The second kappa shape index (κ2) is 2.17. The Morgan fingerprint density at radius 2 is 2.36 bits per heavy atom. The van der Waals surface area contributed by atoms with E-state index in [0.717, 1.165) is 0 Å². The second-order valence-corrected chi connectivity index (χ2v) is 2.41. The van der Waals surface area contributed by atoms with Crippen LogP contribution in [0.1, 0.15) is 0 Å². The first-order valence-corrected chi connectivity index (χ1v) is 3.30. The van der Waals surface area contributed by atoms with Crippen molar-refractivity contribution < 1.29 is 4.39 Å². The molecule has 0 amide bonds. The molecule has 3 nitrogen and oxygen atoms in total. The number of H-pyrrole nitrogens is 1. The van der Waals surface area contributed by atoms with Crippen molar-refractivity contribution in [2.24, 2.45) is 0 Å². The van der Waals surface area contributed by atoms with Gasteiger partial charge in [0.2, 0.25) is 0 Å². The van der Waals surface area contributed by atoms with Gasteiger partial charge in [0.05, 0.1) is 6.20 Å². The minimum absolute atomic E-state index is 0.217. The van der Waals surface area contributed by atoms with E-state index in [9.17, 15) is 4.39 Å². The summed E-state index contributed by atoms with van der Waals surface area (Å²) in [5, 5.41) is 0.249. The van der Waals surface area contributed by atoms with Crippen molar-refractivity contribution in [3.05, 3.63) is 23.4 Å². The zero-order valence-electron chi connectivity index (χ0n) is 5.31. The average Bonchev–Trinajstić information content (AvgIpc) is 2.32. The smallest absolute Gasteiger partial charge is 0.168 e. The predicted octanol–water partition coefficient (Wildman–Crippen LogP) is 1.75. The van der Waals surface area contributed by atoms with Gasteiger partial charge in [-0.1, -0.05) is 11.6 Å². The number of rotatable bonds is 0. The molecular weight excluding hydrogens is 169 g/mol. The van der Waals surface area contributed by atoms with E-state index in [0.29, 0.717) is 5.65 Å². The zero-order chi connectivity index (χ0) is 7.84. The molecule has 5 heteroatoms. The van der Waals surface area contributed by atoms with E-state index in [4.69, 9.17) is 11.6 Å². The molecule has 0 aliphatic rings. The molecule has 0 unspecified atom stereocenters. The van der Waals surface area contributed by atoms with Crippen molar-refractivity contribution in [1.82, 2.24) is 15.0 Å². The molecule has 0 radical (unpaired) electrons. The number of nitrogens with zero attached hydrogens (tertiary/aromatic N) is 2. The SMILES string of the molecule is Fc1c[nH]c2nc(Cl)cnc12. The van der Waals surface area contributed by atoms with Crippen molar-refractivity contribution in [2.45, 2.75) is 0 Å². The Hall–Kier alpha value is -1.16. The molecule has 0 bridgehead atoms. The van der Waals surface area contributed by atoms with Gasteiger partial charge in [0.25, 0.3) is 0 Å². The third-order valence-corrected chi connectivity index (χ3v) is 1.49. The van der Waals surface area contributed by atoms with Crippen LogP contribution in [0.5, 0.6) is 0 Å². The standard InChI is InChI=1S/C6H3ClFN3/c7-4-2-9-5-3(8)1-10-6(5)11-4/h1-2H,(H,10,11). The molecule has 11 heavy (non-hydrogen) atoms. The molecule has 1 N–H and O–H groups in total. The van der Waals surface area contributed by atoms with Gasteiger partial charge in [-0.15, -0.1) is 0 Å². The normalized spacial score (nSPS) is 10.7. The summed E-state index contributed by atoms with van der Waals surface area (Å²) in [6.07, 6.45) is 2.50. The van der Waals surface area contributed by atoms with Gasteiger partial charge in [-0.25, -0.2) is 14.4 Å². The molecule has 2 heterocycles. The molecule has 0 saturated heterocycles. The highest BCUT2D eigenvalue weighted by Crippen LogP contribution is 2.13. The highest BCUT2D eigenvalue weighted by atomic mass is 35.5. The van der Waals surface area contributed by atoms with Crippen LogP contribution in [-0.2, 0) is 0 Å². The average molecular weight is 172 g/mol. The molecule has 0 aromatic carbocycles. The minimum Gasteiger partial charge on any atom is -0.342 e. The van der Waals surface area contributed by atoms with Gasteiger partial charge < -0.3 is 4.98 Å². The van der Waals surface area contributed by atoms with E-state index in [1.807, 2.05) is 0 Å². The molecule has 0 fully saturated rings. The van der Waals surface area contributed by atoms with E-state index in [2.05, 4.69) is 15.0 Å². The first-order valence-electron chi connectivity index (χ1n) is 2.92. The van der Waals surface area contributed by atoms with Gasteiger partial charge in [0.15, 0.2) is 11.5 Å². The Labute approximate surface area is 66.2 Å². The Kier molecular flexibility index (Phi) is 1.29. The fraction of sp³-hybridized carbons (Fsp3) is 0. The molecule has 0 aliphatic heterocycles. The molecule has 0 spiro atoms. The topological polar surface area (TPSA) is 41.6 Å². The zero-order valence-corrected chi connectivity index (χ0v) is 6.06. The number of fused-ring (bicyclic) bond motifs is 1. The summed E-state index contributed by atoms with van der Waals surface area (Å²) in [5.74, 6) is -0.413. The number of hydrogen-bond donors (Lipinski definition) is 1. The third-order valence-electron chi connectivity index (χ3n) is 1.30. The van der Waals surface area contributed by atoms with Crippen molar-refractivity contribution in [3.63, 3.8) is 0 Å². The van der Waals surface area contributed by atoms with Gasteiger partial charge in [0.1, 0.15) is 10.7 Å². The summed E-state index contributed by atoms with van der Waals surface area (Å²) in [6, 6.07) is 0. The molecular formula is C6H3ClFN3. The highest BCUT2D eigenvalue weighted by Gasteiger charge is 2.04. The Bertz CT molecular complexity index is 398. The van der Waals surface area contributed by atoms with Crippen molar-refractivity contribution in [1.29, 1.82) is 0 Å². The van der Waals surface area contributed by atoms with E-state index < -0.39 is 5.82 Å². The van der Waals surface area contributed by atoms with Crippen molar-refractivity contribution >= 4 is 22.8 Å². The number of nitrogens with one attached hydrogen (secondary N) is 1. The number of aromatic amines is 1. The van der Waals surface area contributed by atoms with Gasteiger partial charge in [-0.05, 0) is 0 Å². The number of hydrogen-bond acceptors (Lipinski definition) is 2. The van der Waals surface area contributed by atoms with Crippen LogP contribution < -0.4 is 0 Å². The third kappa shape index (κ3) is 0.952. The molecule has 2 aromatic rings. The lowest BCUT2D eigenvalue weighted by Gasteiger charge is -1.87.